The van der Waals surface area contributed by atoms with E-state index in [0.29, 0.717) is 0 Å². The molecule has 0 fully saturated rings. The van der Waals surface area contributed by atoms with E-state index >= 15 is 0 Å². The molecule has 0 amide bonds. The number of hydrogen-bond acceptors (Lipinski definition) is 1. The third-order valence-electron chi connectivity index (χ3n) is 12.8. The summed E-state index contributed by atoms with van der Waals surface area (Å²) in [5.41, 5.74) is 23.7. The zero-order chi connectivity index (χ0) is 35.9. The molecule has 12 rings (SSSR count). The van der Waals surface area contributed by atoms with Gasteiger partial charge in [0.25, 0.3) is 0 Å². The average molecular weight is 689 g/mol. The number of aryl methyl sites for hydroxylation is 1. The number of benzene rings is 8. The van der Waals surface area contributed by atoms with Gasteiger partial charge in [-0.25, -0.2) is 0 Å². The third kappa shape index (κ3) is 3.96. The van der Waals surface area contributed by atoms with Crippen molar-refractivity contribution in [3.63, 3.8) is 0 Å². The van der Waals surface area contributed by atoms with Gasteiger partial charge in [-0.3, -0.25) is 0 Å². The van der Waals surface area contributed by atoms with Crippen LogP contribution in [0, 0.1) is 6.92 Å². The predicted octanol–water partition coefficient (Wildman–Crippen LogP) is 11.2. The second-order valence-electron chi connectivity index (χ2n) is 16.2. The van der Waals surface area contributed by atoms with Gasteiger partial charge in [0.05, 0.1) is 5.52 Å². The van der Waals surface area contributed by atoms with E-state index in [1.165, 1.54) is 110 Å². The standard InChI is InChI=1S/C51H37BN2/c1-29-19-22-34(23-20-29)53-44-18-9-8-15-38(44)40-28-39(32-21-24-36-33(26-32)25-30-11-4-6-13-35(30)36)46-45-37-14-7-5-12-31(37)27-42-49(45)54-48-41(51(42,2)3)16-10-17-43(48)52-47(40)50(46)54/h4-24,26-28,52-53H,25H2,1-3H3. The van der Waals surface area contributed by atoms with Crippen LogP contribution >= 0.6 is 0 Å². The summed E-state index contributed by atoms with van der Waals surface area (Å²) in [5.74, 6) is 0. The van der Waals surface area contributed by atoms with E-state index in [1.54, 1.807) is 0 Å². The molecule has 8 aromatic carbocycles. The largest absolute Gasteiger partial charge is 0.355 e. The van der Waals surface area contributed by atoms with Gasteiger partial charge in [0.1, 0.15) is 0 Å². The van der Waals surface area contributed by atoms with Gasteiger partial charge in [-0.2, -0.15) is 0 Å². The van der Waals surface area contributed by atoms with Crippen molar-refractivity contribution in [1.29, 1.82) is 0 Å². The van der Waals surface area contributed by atoms with Crippen LogP contribution in [0.5, 0.6) is 0 Å². The van der Waals surface area contributed by atoms with Crippen LogP contribution in [-0.2, 0) is 11.8 Å². The van der Waals surface area contributed by atoms with Gasteiger partial charge in [0.2, 0.25) is 0 Å². The van der Waals surface area contributed by atoms with Crippen molar-refractivity contribution in [3.05, 3.63) is 173 Å². The number of anilines is 2. The van der Waals surface area contributed by atoms with Gasteiger partial charge in [-0.05, 0) is 110 Å². The maximum Gasteiger partial charge on any atom is 0.198 e. The molecule has 2 nitrogen and oxygen atoms in total. The zero-order valence-corrected chi connectivity index (χ0v) is 30.7. The Labute approximate surface area is 316 Å². The van der Waals surface area contributed by atoms with Gasteiger partial charge in [-0.15, -0.1) is 0 Å². The molecule has 1 N–H and O–H groups in total. The lowest BCUT2D eigenvalue weighted by atomic mass is 9.57. The molecule has 9 aromatic rings. The third-order valence-corrected chi connectivity index (χ3v) is 12.8. The van der Waals surface area contributed by atoms with Crippen LogP contribution in [-0.4, -0.2) is 11.8 Å². The lowest BCUT2D eigenvalue weighted by Gasteiger charge is -2.38. The van der Waals surface area contributed by atoms with E-state index in [4.69, 9.17) is 0 Å². The van der Waals surface area contributed by atoms with Crippen LogP contribution in [0.3, 0.4) is 0 Å². The van der Waals surface area contributed by atoms with Crippen LogP contribution in [0.1, 0.15) is 41.7 Å². The number of fused-ring (bicyclic) bond motifs is 6. The van der Waals surface area contributed by atoms with Crippen LogP contribution in [0.15, 0.2) is 146 Å². The first-order valence-electron chi connectivity index (χ1n) is 19.3. The molecule has 0 atom stereocenters. The summed E-state index contributed by atoms with van der Waals surface area (Å²) < 4.78 is 2.69. The molecule has 1 aliphatic carbocycles. The van der Waals surface area contributed by atoms with Crippen molar-refractivity contribution in [1.82, 2.24) is 4.57 Å². The summed E-state index contributed by atoms with van der Waals surface area (Å²) in [6.45, 7) is 7.00. The maximum atomic E-state index is 3.83. The van der Waals surface area contributed by atoms with Gasteiger partial charge < -0.3 is 9.88 Å². The zero-order valence-electron chi connectivity index (χ0n) is 30.7. The Morgan fingerprint density at radius 2 is 1.37 bits per heavy atom. The van der Waals surface area contributed by atoms with Crippen LogP contribution in [0.2, 0.25) is 0 Å². The smallest absolute Gasteiger partial charge is 0.198 e. The van der Waals surface area contributed by atoms with Crippen molar-refractivity contribution in [2.24, 2.45) is 0 Å². The quantitative estimate of drug-likeness (QED) is 0.182. The lowest BCUT2D eigenvalue weighted by molar-refractivity contribution is 0.632. The first-order valence-corrected chi connectivity index (χ1v) is 19.3. The van der Waals surface area contributed by atoms with Crippen molar-refractivity contribution >= 4 is 62.2 Å². The highest BCUT2D eigenvalue weighted by Gasteiger charge is 2.40. The molecule has 1 aromatic heterocycles. The Kier molecular flexibility index (Phi) is 5.95. The molecule has 3 heteroatoms. The molecular formula is C51H37BN2. The van der Waals surface area contributed by atoms with Gasteiger partial charge in [0.15, 0.2) is 7.28 Å². The average Bonchev–Trinajstić information content (AvgIpc) is 3.76. The maximum absolute atomic E-state index is 3.83. The Bertz CT molecular complexity index is 3110. The van der Waals surface area contributed by atoms with Crippen molar-refractivity contribution in [3.8, 4) is 39.1 Å². The van der Waals surface area contributed by atoms with E-state index in [2.05, 4.69) is 176 Å². The predicted molar refractivity (Wildman–Crippen MR) is 230 cm³/mol. The Morgan fingerprint density at radius 1 is 0.593 bits per heavy atom. The molecule has 254 valence electrons. The number of nitrogens with zero attached hydrogens (tertiary/aromatic N) is 1. The van der Waals surface area contributed by atoms with Gasteiger partial charge in [0, 0.05) is 44.3 Å². The Morgan fingerprint density at radius 3 is 2.26 bits per heavy atom. The van der Waals surface area contributed by atoms with Crippen LogP contribution in [0.4, 0.5) is 11.4 Å². The summed E-state index contributed by atoms with van der Waals surface area (Å²) in [6.07, 6.45) is 0.969. The van der Waals surface area contributed by atoms with Crippen molar-refractivity contribution < 1.29 is 0 Å². The molecule has 3 aliphatic rings. The first-order chi connectivity index (χ1) is 26.4. The fraction of sp³-hybridized carbons (Fsp3) is 0.0980. The minimum Gasteiger partial charge on any atom is -0.355 e. The topological polar surface area (TPSA) is 17.0 Å². The summed E-state index contributed by atoms with van der Waals surface area (Å²) in [5, 5.41) is 9.21. The molecule has 0 unspecified atom stereocenters. The van der Waals surface area contributed by atoms with E-state index in [-0.39, 0.29) is 5.41 Å². The normalized spacial score (nSPS) is 14.1. The molecule has 2 aliphatic heterocycles. The van der Waals surface area contributed by atoms with Crippen LogP contribution < -0.4 is 16.2 Å². The lowest BCUT2D eigenvalue weighted by Crippen LogP contribution is -2.41. The summed E-state index contributed by atoms with van der Waals surface area (Å²) in [7, 11) is 0.882. The number of rotatable bonds is 4. The highest BCUT2D eigenvalue weighted by Crippen LogP contribution is 2.53. The molecule has 3 heterocycles. The summed E-state index contributed by atoms with van der Waals surface area (Å²) in [6, 6.07) is 54.9. The minimum atomic E-state index is -0.150. The molecule has 0 spiro atoms. The Hall–Kier alpha value is -6.32. The fourth-order valence-corrected chi connectivity index (χ4v) is 10.3. The molecular weight excluding hydrogens is 651 g/mol. The van der Waals surface area contributed by atoms with E-state index in [9.17, 15) is 0 Å². The Balaban J connectivity index is 1.24. The van der Waals surface area contributed by atoms with E-state index in [0.717, 1.165) is 25.1 Å². The molecule has 0 radical (unpaired) electrons. The molecule has 0 bridgehead atoms. The monoisotopic (exact) mass is 688 g/mol. The second-order valence-corrected chi connectivity index (χ2v) is 16.2. The summed E-state index contributed by atoms with van der Waals surface area (Å²) in [4.78, 5) is 0. The highest BCUT2D eigenvalue weighted by molar-refractivity contribution is 6.74. The fourth-order valence-electron chi connectivity index (χ4n) is 10.3. The first kappa shape index (κ1) is 30.2. The van der Waals surface area contributed by atoms with E-state index < -0.39 is 0 Å². The highest BCUT2D eigenvalue weighted by atomic mass is 15.0. The van der Waals surface area contributed by atoms with Gasteiger partial charge >= 0.3 is 0 Å². The van der Waals surface area contributed by atoms with E-state index in [1.807, 2.05) is 0 Å². The molecule has 54 heavy (non-hydrogen) atoms. The number of hydrogen-bond donors (Lipinski definition) is 1. The van der Waals surface area contributed by atoms with Crippen LogP contribution in [0.25, 0.3) is 71.6 Å². The number of para-hydroxylation sites is 2. The second kappa shape index (κ2) is 10.6. The minimum absolute atomic E-state index is 0.150. The number of nitrogens with one attached hydrogen (secondary N) is 1. The molecule has 0 saturated heterocycles. The number of aromatic nitrogens is 1. The molecule has 0 saturated carbocycles. The van der Waals surface area contributed by atoms with Gasteiger partial charge in [-0.1, -0.05) is 140 Å². The summed E-state index contributed by atoms with van der Waals surface area (Å²) >= 11 is 0. The van der Waals surface area contributed by atoms with Crippen molar-refractivity contribution in [2.75, 3.05) is 5.32 Å². The van der Waals surface area contributed by atoms with Crippen molar-refractivity contribution in [2.45, 2.75) is 32.6 Å². The SMILES string of the molecule is Cc1ccc(Nc2ccccc2-c2cc(-c3ccc4c(c3)Cc3ccccc3-4)c3c4c5ccccc5cc5c4n4c3c2Bc2cccc(c2-4)C5(C)C)cc1.